The zero-order valence-corrected chi connectivity index (χ0v) is 14.9. The number of nitrogens with zero attached hydrogens (tertiary/aromatic N) is 3. The molecule has 0 spiro atoms. The molecule has 0 radical (unpaired) electrons. The number of nitrogens with one attached hydrogen (secondary N) is 2. The summed E-state index contributed by atoms with van der Waals surface area (Å²) in [6, 6.07) is 11.8. The summed E-state index contributed by atoms with van der Waals surface area (Å²) in [5, 5.41) is 11.3. The van der Waals surface area contributed by atoms with Crippen LogP contribution in [0.3, 0.4) is 0 Å². The molecule has 2 bridgehead atoms. The van der Waals surface area contributed by atoms with Crippen molar-refractivity contribution < 1.29 is 4.79 Å². The van der Waals surface area contributed by atoms with Gasteiger partial charge in [0.15, 0.2) is 0 Å². The van der Waals surface area contributed by atoms with Crippen molar-refractivity contribution in [2.75, 3.05) is 5.32 Å². The number of aromatic nitrogens is 3. The lowest BCUT2D eigenvalue weighted by molar-refractivity contribution is 0.247. The van der Waals surface area contributed by atoms with E-state index in [1.54, 1.807) is 0 Å². The Morgan fingerprint density at radius 1 is 1.15 bits per heavy atom. The fourth-order valence-electron chi connectivity index (χ4n) is 3.67. The molecule has 2 aromatic heterocycles. The van der Waals surface area contributed by atoms with Crippen LogP contribution in [0.4, 0.5) is 10.6 Å². The van der Waals surface area contributed by atoms with E-state index in [4.69, 9.17) is 0 Å². The van der Waals surface area contributed by atoms with Gasteiger partial charge in [-0.05, 0) is 30.9 Å². The molecular formula is C20H23N5O. The molecule has 2 amide bonds. The maximum absolute atomic E-state index is 12.5. The second-order valence-corrected chi connectivity index (χ2v) is 6.82. The number of fused-ring (bicyclic) bond motifs is 4. The molecule has 26 heavy (non-hydrogen) atoms. The van der Waals surface area contributed by atoms with Crippen molar-refractivity contribution >= 4 is 22.8 Å². The van der Waals surface area contributed by atoms with Crippen molar-refractivity contribution in [2.24, 2.45) is 7.05 Å². The van der Waals surface area contributed by atoms with Gasteiger partial charge < -0.3 is 5.32 Å². The Labute approximate surface area is 152 Å². The van der Waals surface area contributed by atoms with Crippen LogP contribution in [-0.4, -0.2) is 20.8 Å². The highest BCUT2D eigenvalue weighted by atomic mass is 16.2. The number of aryl methyl sites for hydroxylation is 2. The largest absolute Gasteiger partial charge is 0.331 e. The summed E-state index contributed by atoms with van der Waals surface area (Å²) in [6.45, 7) is 0. The van der Waals surface area contributed by atoms with Crippen LogP contribution < -0.4 is 10.6 Å². The zero-order valence-electron chi connectivity index (χ0n) is 14.9. The quantitative estimate of drug-likeness (QED) is 0.699. The SMILES string of the molecule is Cn1ncc2cc3nc(c21)CCCCCC(c1ccccc1)NC(=O)N3. The monoisotopic (exact) mass is 349 g/mol. The molecule has 3 heterocycles. The Hall–Kier alpha value is -2.89. The number of hydrogen-bond donors (Lipinski definition) is 2. The Morgan fingerprint density at radius 2 is 2.00 bits per heavy atom. The highest BCUT2D eigenvalue weighted by Gasteiger charge is 2.17. The summed E-state index contributed by atoms with van der Waals surface area (Å²) in [6.07, 6.45) is 6.89. The third-order valence-electron chi connectivity index (χ3n) is 4.94. The molecule has 0 saturated heterocycles. The number of amides is 2. The second-order valence-electron chi connectivity index (χ2n) is 6.82. The molecule has 3 aromatic rings. The Balaban J connectivity index is 1.64. The van der Waals surface area contributed by atoms with Gasteiger partial charge in [0.2, 0.25) is 0 Å². The first kappa shape index (κ1) is 16.6. The lowest BCUT2D eigenvalue weighted by atomic mass is 9.99. The summed E-state index contributed by atoms with van der Waals surface area (Å²) in [4.78, 5) is 17.2. The summed E-state index contributed by atoms with van der Waals surface area (Å²) in [5.74, 6) is 0.574. The summed E-state index contributed by atoms with van der Waals surface area (Å²) < 4.78 is 1.86. The van der Waals surface area contributed by atoms with Crippen molar-refractivity contribution in [3.63, 3.8) is 0 Å². The van der Waals surface area contributed by atoms with Crippen LogP contribution in [0.25, 0.3) is 10.9 Å². The molecule has 1 aliphatic heterocycles. The van der Waals surface area contributed by atoms with Gasteiger partial charge in [-0.15, -0.1) is 0 Å². The van der Waals surface area contributed by atoms with E-state index in [1.165, 1.54) is 0 Å². The van der Waals surface area contributed by atoms with Crippen LogP contribution in [-0.2, 0) is 13.5 Å². The van der Waals surface area contributed by atoms with E-state index >= 15 is 0 Å². The first-order valence-corrected chi connectivity index (χ1v) is 9.15. The molecule has 6 nitrogen and oxygen atoms in total. The van der Waals surface area contributed by atoms with Gasteiger partial charge in [0.25, 0.3) is 0 Å². The average molecular weight is 349 g/mol. The minimum Gasteiger partial charge on any atom is -0.331 e. The lowest BCUT2D eigenvalue weighted by Crippen LogP contribution is -2.33. The minimum absolute atomic E-state index is 0.0113. The van der Waals surface area contributed by atoms with E-state index in [9.17, 15) is 4.79 Å². The maximum atomic E-state index is 12.5. The Kier molecular flexibility index (Phi) is 4.56. The van der Waals surface area contributed by atoms with Gasteiger partial charge in [0.1, 0.15) is 5.82 Å². The average Bonchev–Trinajstić information content (AvgIpc) is 3.01. The number of pyridine rings is 1. The van der Waals surface area contributed by atoms with Crippen LogP contribution in [0.2, 0.25) is 0 Å². The van der Waals surface area contributed by atoms with Gasteiger partial charge >= 0.3 is 6.03 Å². The zero-order chi connectivity index (χ0) is 17.9. The summed E-state index contributed by atoms with van der Waals surface area (Å²) in [5.41, 5.74) is 3.18. The maximum Gasteiger partial charge on any atom is 0.320 e. The van der Waals surface area contributed by atoms with Gasteiger partial charge in [-0.3, -0.25) is 10.00 Å². The number of urea groups is 1. The minimum atomic E-state index is -0.221. The number of carbonyl (C=O) groups is 1. The van der Waals surface area contributed by atoms with Crippen molar-refractivity contribution in [3.05, 3.63) is 53.9 Å². The third kappa shape index (κ3) is 3.40. The van der Waals surface area contributed by atoms with E-state index in [2.05, 4.69) is 32.8 Å². The van der Waals surface area contributed by atoms with E-state index < -0.39 is 0 Å². The van der Waals surface area contributed by atoms with E-state index in [0.29, 0.717) is 5.82 Å². The standard InChI is InChI=1S/C20H23N5O/c1-25-19-15(13-21-25)12-18-22-17(19)11-7-3-6-10-16(23-20(26)24-18)14-8-4-2-5-9-14/h2,4-5,8-9,12-13,16H,3,6-7,10-11H2,1H3,(H2,22,23,24,26). The Morgan fingerprint density at radius 3 is 2.85 bits per heavy atom. The van der Waals surface area contributed by atoms with Gasteiger partial charge in [-0.2, -0.15) is 5.10 Å². The first-order chi connectivity index (χ1) is 12.7. The van der Waals surface area contributed by atoms with Crippen LogP contribution in [0.15, 0.2) is 42.6 Å². The normalized spacial score (nSPS) is 18.5. The van der Waals surface area contributed by atoms with Crippen molar-refractivity contribution in [3.8, 4) is 0 Å². The molecule has 0 fully saturated rings. The summed E-state index contributed by atoms with van der Waals surface area (Å²) in [7, 11) is 1.93. The smallest absolute Gasteiger partial charge is 0.320 e. The lowest BCUT2D eigenvalue weighted by Gasteiger charge is -2.20. The van der Waals surface area contributed by atoms with E-state index in [1.807, 2.05) is 42.2 Å². The molecule has 134 valence electrons. The number of anilines is 1. The van der Waals surface area contributed by atoms with Gasteiger partial charge in [0.05, 0.1) is 23.4 Å². The predicted molar refractivity (Wildman–Crippen MR) is 102 cm³/mol. The molecule has 0 saturated carbocycles. The molecule has 1 unspecified atom stereocenters. The number of rotatable bonds is 1. The topological polar surface area (TPSA) is 71.8 Å². The molecule has 1 aromatic carbocycles. The third-order valence-corrected chi connectivity index (χ3v) is 4.94. The predicted octanol–water partition coefficient (Wildman–Crippen LogP) is 3.95. The van der Waals surface area contributed by atoms with Gasteiger partial charge in [-0.1, -0.05) is 43.2 Å². The van der Waals surface area contributed by atoms with Gasteiger partial charge in [-0.25, -0.2) is 9.78 Å². The number of benzene rings is 1. The van der Waals surface area contributed by atoms with E-state index in [-0.39, 0.29) is 12.1 Å². The second kappa shape index (κ2) is 7.15. The van der Waals surface area contributed by atoms with Crippen LogP contribution >= 0.6 is 0 Å². The van der Waals surface area contributed by atoms with Crippen molar-refractivity contribution in [1.29, 1.82) is 0 Å². The van der Waals surface area contributed by atoms with Crippen molar-refractivity contribution in [2.45, 2.75) is 38.1 Å². The van der Waals surface area contributed by atoms with Crippen LogP contribution in [0, 0.1) is 0 Å². The molecule has 2 N–H and O–H groups in total. The van der Waals surface area contributed by atoms with Crippen LogP contribution in [0.5, 0.6) is 0 Å². The van der Waals surface area contributed by atoms with E-state index in [0.717, 1.165) is 54.3 Å². The fraction of sp³-hybridized carbons (Fsp3) is 0.350. The number of hydrogen-bond acceptors (Lipinski definition) is 3. The number of carbonyl (C=O) groups excluding carboxylic acids is 1. The fourth-order valence-corrected chi connectivity index (χ4v) is 3.67. The molecule has 6 heteroatoms. The summed E-state index contributed by atoms with van der Waals surface area (Å²) >= 11 is 0. The Bertz CT molecular complexity index is 919. The molecule has 1 atom stereocenters. The van der Waals surface area contributed by atoms with Crippen LogP contribution in [0.1, 0.15) is 43.0 Å². The molecule has 4 rings (SSSR count). The first-order valence-electron chi connectivity index (χ1n) is 9.15. The molecule has 0 aliphatic carbocycles. The molecule has 1 aliphatic rings. The highest BCUT2D eigenvalue weighted by molar-refractivity contribution is 5.92. The van der Waals surface area contributed by atoms with Gasteiger partial charge in [0, 0.05) is 12.4 Å². The van der Waals surface area contributed by atoms with Crippen molar-refractivity contribution in [1.82, 2.24) is 20.1 Å². The molecular weight excluding hydrogens is 326 g/mol. The highest BCUT2D eigenvalue weighted by Crippen LogP contribution is 2.25.